The van der Waals surface area contributed by atoms with E-state index in [2.05, 4.69) is 11.4 Å². The van der Waals surface area contributed by atoms with E-state index < -0.39 is 0 Å². The molecule has 0 spiro atoms. The first kappa shape index (κ1) is 22.5. The molecule has 1 atom stereocenters. The maximum absolute atomic E-state index is 13.0. The highest BCUT2D eigenvalue weighted by atomic mass is 16.5. The topological polar surface area (TPSA) is 77.1 Å². The number of rotatable bonds is 8. The van der Waals surface area contributed by atoms with Gasteiger partial charge in [-0.15, -0.1) is 0 Å². The molecule has 7 heteroatoms. The summed E-state index contributed by atoms with van der Waals surface area (Å²) < 4.78 is 16.0. The lowest BCUT2D eigenvalue weighted by atomic mass is 9.92. The van der Waals surface area contributed by atoms with E-state index in [4.69, 9.17) is 14.2 Å². The number of amides is 2. The largest absolute Gasteiger partial charge is 0.493 e. The highest BCUT2D eigenvalue weighted by molar-refractivity contribution is 5.95. The minimum absolute atomic E-state index is 0.115. The van der Waals surface area contributed by atoms with Crippen LogP contribution in [-0.2, 0) is 11.2 Å². The molecule has 0 aromatic heterocycles. The first-order valence-corrected chi connectivity index (χ1v) is 10.5. The van der Waals surface area contributed by atoms with E-state index in [0.717, 1.165) is 18.4 Å². The predicted octanol–water partition coefficient (Wildman–Crippen LogP) is 3.37. The van der Waals surface area contributed by atoms with Gasteiger partial charge in [-0.05, 0) is 36.1 Å². The molecule has 0 saturated heterocycles. The third-order valence-corrected chi connectivity index (χ3v) is 5.58. The summed E-state index contributed by atoms with van der Waals surface area (Å²) in [5, 5.41) is 2.99. The Morgan fingerprint density at radius 2 is 1.74 bits per heavy atom. The standard InChI is InChI=1S/C24H30N2O5/c1-5-8-22(27)26-12-11-16-9-6-7-10-18(16)19(26)15-25-24(28)17-13-20(29-2)23(31-4)21(14-17)30-3/h6-7,9-10,13-14,19H,5,8,11-12,15H2,1-4H3,(H,25,28). The van der Waals surface area contributed by atoms with Crippen molar-refractivity contribution in [2.75, 3.05) is 34.4 Å². The molecule has 1 unspecified atom stereocenters. The van der Waals surface area contributed by atoms with E-state index in [1.54, 1.807) is 12.1 Å². The molecule has 0 aliphatic carbocycles. The van der Waals surface area contributed by atoms with Crippen molar-refractivity contribution >= 4 is 11.8 Å². The van der Waals surface area contributed by atoms with E-state index in [-0.39, 0.29) is 17.9 Å². The molecule has 1 N–H and O–H groups in total. The third kappa shape index (κ3) is 4.76. The maximum Gasteiger partial charge on any atom is 0.251 e. The van der Waals surface area contributed by atoms with Gasteiger partial charge in [0.2, 0.25) is 11.7 Å². The minimum atomic E-state index is -0.273. The lowest BCUT2D eigenvalue weighted by Gasteiger charge is -2.37. The number of nitrogens with zero attached hydrogens (tertiary/aromatic N) is 1. The first-order chi connectivity index (χ1) is 15.0. The van der Waals surface area contributed by atoms with Crippen LogP contribution in [0.15, 0.2) is 36.4 Å². The van der Waals surface area contributed by atoms with Crippen molar-refractivity contribution < 1.29 is 23.8 Å². The number of nitrogens with one attached hydrogen (secondary N) is 1. The molecular weight excluding hydrogens is 396 g/mol. The maximum atomic E-state index is 13.0. The van der Waals surface area contributed by atoms with E-state index in [1.807, 2.05) is 30.0 Å². The Kier molecular flexibility index (Phi) is 7.39. The fourth-order valence-electron chi connectivity index (χ4n) is 4.03. The quantitative estimate of drug-likeness (QED) is 0.700. The van der Waals surface area contributed by atoms with Gasteiger partial charge in [-0.3, -0.25) is 9.59 Å². The van der Waals surface area contributed by atoms with Gasteiger partial charge in [0.05, 0.1) is 27.4 Å². The van der Waals surface area contributed by atoms with E-state index in [9.17, 15) is 9.59 Å². The minimum Gasteiger partial charge on any atom is -0.493 e. The second-order valence-electron chi connectivity index (χ2n) is 7.43. The molecule has 3 rings (SSSR count). The van der Waals surface area contributed by atoms with E-state index >= 15 is 0 Å². The van der Waals surface area contributed by atoms with Crippen molar-refractivity contribution in [1.82, 2.24) is 10.2 Å². The molecule has 2 aromatic rings. The molecular formula is C24H30N2O5. The summed E-state index contributed by atoms with van der Waals surface area (Å²) in [6.45, 7) is 2.97. The second-order valence-corrected chi connectivity index (χ2v) is 7.43. The van der Waals surface area contributed by atoms with Crippen LogP contribution in [0.1, 0.15) is 47.3 Å². The van der Waals surface area contributed by atoms with Crippen LogP contribution >= 0.6 is 0 Å². The van der Waals surface area contributed by atoms with Gasteiger partial charge < -0.3 is 24.4 Å². The molecule has 7 nitrogen and oxygen atoms in total. The number of fused-ring (bicyclic) bond motifs is 1. The number of ether oxygens (including phenoxy) is 3. The Morgan fingerprint density at radius 1 is 1.06 bits per heavy atom. The van der Waals surface area contributed by atoms with E-state index in [0.29, 0.717) is 42.3 Å². The molecule has 0 fully saturated rings. The average molecular weight is 427 g/mol. The molecule has 31 heavy (non-hydrogen) atoms. The fraction of sp³-hybridized carbons (Fsp3) is 0.417. The van der Waals surface area contributed by atoms with Crippen LogP contribution in [0.2, 0.25) is 0 Å². The van der Waals surface area contributed by atoms with Gasteiger partial charge in [0.15, 0.2) is 11.5 Å². The summed E-state index contributed by atoms with van der Waals surface area (Å²) in [6, 6.07) is 11.1. The summed E-state index contributed by atoms with van der Waals surface area (Å²) in [7, 11) is 4.53. The number of hydrogen-bond donors (Lipinski definition) is 1. The molecule has 2 aromatic carbocycles. The van der Waals surface area contributed by atoms with Gasteiger partial charge in [0.1, 0.15) is 0 Å². The second kappa shape index (κ2) is 10.2. The summed E-state index contributed by atoms with van der Waals surface area (Å²) in [6.07, 6.45) is 2.12. The first-order valence-electron chi connectivity index (χ1n) is 10.5. The zero-order valence-corrected chi connectivity index (χ0v) is 18.6. The Morgan fingerprint density at radius 3 is 2.35 bits per heavy atom. The zero-order valence-electron chi connectivity index (χ0n) is 18.6. The normalized spacial score (nSPS) is 15.1. The fourth-order valence-corrected chi connectivity index (χ4v) is 4.03. The number of carbonyl (C=O) groups excluding carboxylic acids is 2. The number of hydrogen-bond acceptors (Lipinski definition) is 5. The molecule has 1 aliphatic heterocycles. The van der Waals surface area contributed by atoms with Crippen LogP contribution in [0, 0.1) is 0 Å². The van der Waals surface area contributed by atoms with E-state index in [1.165, 1.54) is 26.9 Å². The predicted molar refractivity (Wildman–Crippen MR) is 118 cm³/mol. The van der Waals surface area contributed by atoms with Crippen molar-refractivity contribution in [3.8, 4) is 17.2 Å². The van der Waals surface area contributed by atoms with Crippen molar-refractivity contribution in [3.05, 3.63) is 53.1 Å². The van der Waals surface area contributed by atoms with Crippen LogP contribution in [0.4, 0.5) is 0 Å². The zero-order chi connectivity index (χ0) is 22.4. The number of methoxy groups -OCH3 is 3. The van der Waals surface area contributed by atoms with Crippen molar-refractivity contribution in [3.63, 3.8) is 0 Å². The average Bonchev–Trinajstić information content (AvgIpc) is 2.81. The lowest BCUT2D eigenvalue weighted by Crippen LogP contribution is -2.45. The Balaban J connectivity index is 1.84. The summed E-state index contributed by atoms with van der Waals surface area (Å²) in [4.78, 5) is 27.6. The van der Waals surface area contributed by atoms with Gasteiger partial charge in [-0.1, -0.05) is 31.2 Å². The Labute approximate surface area is 183 Å². The summed E-state index contributed by atoms with van der Waals surface area (Å²) in [5.41, 5.74) is 2.70. The number of carbonyl (C=O) groups is 2. The monoisotopic (exact) mass is 426 g/mol. The molecule has 0 bridgehead atoms. The van der Waals surface area contributed by atoms with Crippen LogP contribution in [-0.4, -0.2) is 51.1 Å². The van der Waals surface area contributed by atoms with Crippen molar-refractivity contribution in [2.45, 2.75) is 32.2 Å². The molecule has 0 radical (unpaired) electrons. The van der Waals surface area contributed by atoms with Crippen molar-refractivity contribution in [1.29, 1.82) is 0 Å². The highest BCUT2D eigenvalue weighted by Crippen LogP contribution is 2.38. The van der Waals surface area contributed by atoms with Crippen LogP contribution in [0.3, 0.4) is 0 Å². The van der Waals surface area contributed by atoms with Crippen LogP contribution in [0.25, 0.3) is 0 Å². The van der Waals surface area contributed by atoms with Gasteiger partial charge in [-0.25, -0.2) is 0 Å². The Bertz CT molecular complexity index is 918. The van der Waals surface area contributed by atoms with Crippen LogP contribution < -0.4 is 19.5 Å². The smallest absolute Gasteiger partial charge is 0.251 e. The van der Waals surface area contributed by atoms with Gasteiger partial charge in [0, 0.05) is 25.1 Å². The molecule has 2 amide bonds. The van der Waals surface area contributed by atoms with Gasteiger partial charge in [-0.2, -0.15) is 0 Å². The third-order valence-electron chi connectivity index (χ3n) is 5.58. The van der Waals surface area contributed by atoms with Gasteiger partial charge >= 0.3 is 0 Å². The van der Waals surface area contributed by atoms with Crippen molar-refractivity contribution in [2.24, 2.45) is 0 Å². The molecule has 166 valence electrons. The SMILES string of the molecule is CCCC(=O)N1CCc2ccccc2C1CNC(=O)c1cc(OC)c(OC)c(OC)c1. The summed E-state index contributed by atoms with van der Waals surface area (Å²) >= 11 is 0. The molecule has 1 heterocycles. The highest BCUT2D eigenvalue weighted by Gasteiger charge is 2.30. The summed E-state index contributed by atoms with van der Waals surface area (Å²) in [5.74, 6) is 1.10. The molecule has 0 saturated carbocycles. The number of benzene rings is 2. The Hall–Kier alpha value is -3.22. The molecule has 1 aliphatic rings. The lowest BCUT2D eigenvalue weighted by molar-refractivity contribution is -0.134. The van der Waals surface area contributed by atoms with Crippen LogP contribution in [0.5, 0.6) is 17.2 Å². The van der Waals surface area contributed by atoms with Gasteiger partial charge in [0.25, 0.3) is 5.91 Å².